The fraction of sp³-hybridized carbons (Fsp3) is 0.409. The van der Waals surface area contributed by atoms with Gasteiger partial charge in [0.2, 0.25) is 5.91 Å². The largest absolute Gasteiger partial charge is 0.601 e. The van der Waals surface area contributed by atoms with Crippen LogP contribution < -0.4 is 10.3 Å². The molecule has 0 bridgehead atoms. The minimum Gasteiger partial charge on any atom is -0.601 e. The number of hydroxylamine groups is 2. The number of carbonyl (C=O) groups excluding carboxylic acids is 1. The summed E-state index contributed by atoms with van der Waals surface area (Å²) in [6.07, 6.45) is 0.175. The standard InChI is InChI=1S/C22H29N5O4/c1-17(16-19-8-6-7-11-23-19)27(31,22(29)30)24-18(2)21(28)26-14-12-25(13-15-26)20-9-4-3-5-10-20/h3-11,17-18,24H,12-16H2,1-2H3,(H,29,30)/t17?,18-,27?/m0/s1. The molecule has 1 aromatic carbocycles. The van der Waals surface area contributed by atoms with E-state index in [1.165, 1.54) is 6.92 Å². The average molecular weight is 428 g/mol. The molecule has 31 heavy (non-hydrogen) atoms. The van der Waals surface area contributed by atoms with Gasteiger partial charge >= 0.3 is 6.09 Å². The van der Waals surface area contributed by atoms with Crippen LogP contribution in [0, 0.1) is 5.21 Å². The Balaban J connectivity index is 1.60. The predicted molar refractivity (Wildman–Crippen MR) is 117 cm³/mol. The van der Waals surface area contributed by atoms with Crippen LogP contribution in [0.15, 0.2) is 54.7 Å². The maximum Gasteiger partial charge on any atom is 0.534 e. The van der Waals surface area contributed by atoms with Gasteiger partial charge in [0, 0.05) is 50.2 Å². The third kappa shape index (κ3) is 5.38. The summed E-state index contributed by atoms with van der Waals surface area (Å²) in [7, 11) is 0. The normalized spacial score (nSPS) is 18.2. The van der Waals surface area contributed by atoms with Crippen LogP contribution in [0.1, 0.15) is 19.5 Å². The molecule has 2 amide bonds. The second-order valence-corrected chi connectivity index (χ2v) is 7.81. The van der Waals surface area contributed by atoms with Crippen LogP contribution in [0.2, 0.25) is 0 Å². The van der Waals surface area contributed by atoms with Gasteiger partial charge < -0.3 is 20.1 Å². The van der Waals surface area contributed by atoms with Crippen molar-refractivity contribution in [2.75, 3.05) is 31.1 Å². The highest BCUT2D eigenvalue weighted by atomic mass is 16.6. The Kier molecular flexibility index (Phi) is 7.21. The molecule has 2 aromatic rings. The Bertz CT molecular complexity index is 874. The second-order valence-electron chi connectivity index (χ2n) is 7.81. The van der Waals surface area contributed by atoms with Crippen molar-refractivity contribution in [1.29, 1.82) is 0 Å². The van der Waals surface area contributed by atoms with Gasteiger partial charge in [-0.1, -0.05) is 24.3 Å². The van der Waals surface area contributed by atoms with Crippen LogP contribution in [0.25, 0.3) is 0 Å². The Morgan fingerprint density at radius 2 is 1.74 bits per heavy atom. The van der Waals surface area contributed by atoms with E-state index in [9.17, 15) is 19.9 Å². The van der Waals surface area contributed by atoms with Crippen LogP contribution in [-0.2, 0) is 11.2 Å². The van der Waals surface area contributed by atoms with Gasteiger partial charge in [-0.2, -0.15) is 9.55 Å². The fourth-order valence-electron chi connectivity index (χ4n) is 3.76. The summed E-state index contributed by atoms with van der Waals surface area (Å²) < 4.78 is -1.71. The average Bonchev–Trinajstić information content (AvgIpc) is 2.79. The van der Waals surface area contributed by atoms with E-state index in [0.29, 0.717) is 31.9 Å². The number of amides is 2. The van der Waals surface area contributed by atoms with Gasteiger partial charge in [-0.3, -0.25) is 9.78 Å². The number of anilines is 1. The number of piperazine rings is 1. The molecular weight excluding hydrogens is 398 g/mol. The lowest BCUT2D eigenvalue weighted by Gasteiger charge is -2.43. The molecule has 0 radical (unpaired) electrons. The lowest BCUT2D eigenvalue weighted by Crippen LogP contribution is -2.67. The smallest absolute Gasteiger partial charge is 0.534 e. The van der Waals surface area contributed by atoms with E-state index in [1.807, 2.05) is 30.3 Å². The SMILES string of the molecule is CC(Cc1ccccn1)[N+]([O-])(N[C@@H](C)C(=O)N1CCN(c2ccccc2)CC1)C(=O)O. The highest BCUT2D eigenvalue weighted by Gasteiger charge is 2.39. The number of rotatable bonds is 7. The fourth-order valence-corrected chi connectivity index (χ4v) is 3.76. The van der Waals surface area contributed by atoms with Crippen LogP contribution in [0.4, 0.5) is 10.5 Å². The van der Waals surface area contributed by atoms with Crippen molar-refractivity contribution in [2.24, 2.45) is 0 Å². The molecule has 9 heteroatoms. The molecule has 1 aliphatic heterocycles. The number of hydrogen-bond donors (Lipinski definition) is 2. The van der Waals surface area contributed by atoms with Crippen molar-refractivity contribution < 1.29 is 19.5 Å². The molecule has 2 N–H and O–H groups in total. The zero-order chi connectivity index (χ0) is 22.4. The molecular formula is C22H29N5O4. The summed E-state index contributed by atoms with van der Waals surface area (Å²) in [5.41, 5.74) is 4.22. The van der Waals surface area contributed by atoms with Crippen molar-refractivity contribution in [3.05, 3.63) is 65.6 Å². The predicted octanol–water partition coefficient (Wildman–Crippen LogP) is 2.25. The minimum atomic E-state index is -1.71. The van der Waals surface area contributed by atoms with E-state index < -0.39 is 22.9 Å². The van der Waals surface area contributed by atoms with Crippen molar-refractivity contribution in [3.8, 4) is 0 Å². The summed E-state index contributed by atoms with van der Waals surface area (Å²) in [6.45, 7) is 5.44. The zero-order valence-electron chi connectivity index (χ0n) is 17.8. The lowest BCUT2D eigenvalue weighted by molar-refractivity contribution is -0.878. The highest BCUT2D eigenvalue weighted by Crippen LogP contribution is 2.18. The number of pyridine rings is 1. The molecule has 2 heterocycles. The molecule has 3 rings (SSSR count). The van der Waals surface area contributed by atoms with Crippen LogP contribution in [0.5, 0.6) is 0 Å². The van der Waals surface area contributed by atoms with E-state index in [0.717, 1.165) is 5.69 Å². The monoisotopic (exact) mass is 427 g/mol. The second kappa shape index (κ2) is 9.86. The molecule has 9 nitrogen and oxygen atoms in total. The molecule has 3 atom stereocenters. The van der Waals surface area contributed by atoms with Gasteiger partial charge in [-0.05, 0) is 38.1 Å². The molecule has 1 fully saturated rings. The first-order valence-electron chi connectivity index (χ1n) is 10.4. The number of benzene rings is 1. The molecule has 0 saturated carbocycles. The molecule has 1 aliphatic rings. The number of nitrogens with one attached hydrogen (secondary N) is 1. The van der Waals surface area contributed by atoms with Crippen molar-refractivity contribution in [2.45, 2.75) is 32.4 Å². The maximum atomic E-state index is 13.2. The Morgan fingerprint density at radius 3 is 2.32 bits per heavy atom. The van der Waals surface area contributed by atoms with Crippen molar-refractivity contribution in [1.82, 2.24) is 15.3 Å². The number of para-hydroxylation sites is 1. The summed E-state index contributed by atoms with van der Waals surface area (Å²) in [5.74, 6) is -0.280. The van der Waals surface area contributed by atoms with E-state index in [1.54, 1.807) is 36.2 Å². The van der Waals surface area contributed by atoms with E-state index in [4.69, 9.17) is 0 Å². The number of carbonyl (C=O) groups is 2. The first-order valence-corrected chi connectivity index (χ1v) is 10.4. The quantitative estimate of drug-likeness (QED) is 0.515. The summed E-state index contributed by atoms with van der Waals surface area (Å²) in [4.78, 5) is 32.8. The number of aromatic nitrogens is 1. The van der Waals surface area contributed by atoms with Gasteiger partial charge in [-0.25, -0.2) is 0 Å². The number of quaternary nitrogens is 1. The van der Waals surface area contributed by atoms with Crippen molar-refractivity contribution in [3.63, 3.8) is 0 Å². The van der Waals surface area contributed by atoms with Gasteiger partial charge in [0.25, 0.3) is 0 Å². The molecule has 166 valence electrons. The Labute approximate surface area is 182 Å². The highest BCUT2D eigenvalue weighted by molar-refractivity contribution is 5.81. The minimum absolute atomic E-state index is 0.167. The molecule has 0 aliphatic carbocycles. The van der Waals surface area contributed by atoms with Gasteiger partial charge in [-0.15, -0.1) is 5.43 Å². The number of hydrogen-bond acceptors (Lipinski definition) is 6. The van der Waals surface area contributed by atoms with Gasteiger partial charge in [0.15, 0.2) is 0 Å². The third-order valence-electron chi connectivity index (χ3n) is 5.60. The van der Waals surface area contributed by atoms with Crippen LogP contribution >= 0.6 is 0 Å². The van der Waals surface area contributed by atoms with Gasteiger partial charge in [0.1, 0.15) is 12.1 Å². The van der Waals surface area contributed by atoms with E-state index in [-0.39, 0.29) is 12.3 Å². The summed E-state index contributed by atoms with van der Waals surface area (Å²) >= 11 is 0. The number of carboxylic acid groups (broad SMARTS) is 1. The molecule has 0 spiro atoms. The molecule has 1 aromatic heterocycles. The Morgan fingerprint density at radius 1 is 1.10 bits per heavy atom. The lowest BCUT2D eigenvalue weighted by atomic mass is 10.1. The maximum absolute atomic E-state index is 13.2. The van der Waals surface area contributed by atoms with Crippen LogP contribution in [0.3, 0.4) is 0 Å². The summed E-state index contributed by atoms with van der Waals surface area (Å²) in [5, 5.41) is 22.8. The van der Waals surface area contributed by atoms with Crippen LogP contribution in [-0.4, -0.2) is 70.0 Å². The van der Waals surface area contributed by atoms with Crippen molar-refractivity contribution >= 4 is 17.7 Å². The van der Waals surface area contributed by atoms with E-state index >= 15 is 0 Å². The van der Waals surface area contributed by atoms with E-state index in [2.05, 4.69) is 15.3 Å². The third-order valence-corrected chi connectivity index (χ3v) is 5.60. The topological polar surface area (TPSA) is 109 Å². The molecule has 1 saturated heterocycles. The van der Waals surface area contributed by atoms with Gasteiger partial charge in [0.05, 0.1) is 0 Å². The zero-order valence-corrected chi connectivity index (χ0v) is 17.8. The number of nitrogens with zero attached hydrogens (tertiary/aromatic N) is 4. The first-order chi connectivity index (χ1) is 14.8. The first kappa shape index (κ1) is 22.7. The summed E-state index contributed by atoms with van der Waals surface area (Å²) in [6, 6.07) is 13.4. The molecule has 2 unspecified atom stereocenters. The Hall–Kier alpha value is -3.01.